The number of ether oxygens (including phenoxy) is 1. The molecule has 0 unspecified atom stereocenters. The molecule has 1 heterocycles. The molecular weight excluding hydrogens is 370 g/mol. The molecule has 29 heavy (non-hydrogen) atoms. The Morgan fingerprint density at radius 1 is 0.931 bits per heavy atom. The van der Waals surface area contributed by atoms with Gasteiger partial charge in [-0.2, -0.15) is 0 Å². The minimum atomic E-state index is -1.03. The second-order valence-electron chi connectivity index (χ2n) is 6.72. The Labute approximate surface area is 166 Å². The van der Waals surface area contributed by atoms with Crippen LogP contribution in [0.25, 0.3) is 0 Å². The summed E-state index contributed by atoms with van der Waals surface area (Å²) in [6, 6.07) is 20.3. The van der Waals surface area contributed by atoms with E-state index in [1.807, 2.05) is 30.3 Å². The van der Waals surface area contributed by atoms with Crippen LogP contribution in [0.3, 0.4) is 0 Å². The number of carboxylic acid groups (broad SMARTS) is 1. The minimum absolute atomic E-state index is 0.141. The molecule has 0 aromatic heterocycles. The topological polar surface area (TPSA) is 92.7 Å². The van der Waals surface area contributed by atoms with Crippen LogP contribution in [-0.4, -0.2) is 23.0 Å². The van der Waals surface area contributed by atoms with Gasteiger partial charge >= 0.3 is 11.9 Å². The van der Waals surface area contributed by atoms with Crippen LogP contribution in [0.1, 0.15) is 48.3 Å². The number of hydrogen-bond acceptors (Lipinski definition) is 4. The molecule has 0 saturated carbocycles. The van der Waals surface area contributed by atoms with E-state index in [9.17, 15) is 14.4 Å². The van der Waals surface area contributed by atoms with Gasteiger partial charge in [-0.25, -0.2) is 9.59 Å². The number of benzene rings is 3. The van der Waals surface area contributed by atoms with Crippen LogP contribution >= 0.6 is 0 Å². The number of rotatable bonds is 4. The molecule has 0 spiro atoms. The predicted molar refractivity (Wildman–Crippen MR) is 106 cm³/mol. The van der Waals surface area contributed by atoms with E-state index in [0.29, 0.717) is 23.2 Å². The van der Waals surface area contributed by atoms with Gasteiger partial charge in [-0.1, -0.05) is 30.3 Å². The van der Waals surface area contributed by atoms with Crippen molar-refractivity contribution in [1.29, 1.82) is 0 Å². The number of amides is 1. The van der Waals surface area contributed by atoms with E-state index in [2.05, 4.69) is 5.32 Å². The summed E-state index contributed by atoms with van der Waals surface area (Å²) in [5.41, 5.74) is 3.15. The Hall–Kier alpha value is -3.93. The van der Waals surface area contributed by atoms with Gasteiger partial charge in [0, 0.05) is 17.7 Å². The van der Waals surface area contributed by atoms with Crippen molar-refractivity contribution in [2.75, 3.05) is 5.32 Å². The molecule has 0 saturated heterocycles. The summed E-state index contributed by atoms with van der Waals surface area (Å²) in [4.78, 5) is 35.9. The second kappa shape index (κ2) is 7.59. The van der Waals surface area contributed by atoms with E-state index in [-0.39, 0.29) is 11.5 Å². The van der Waals surface area contributed by atoms with Crippen molar-refractivity contribution in [1.82, 2.24) is 0 Å². The molecular formula is C23H17NO5. The molecule has 0 radical (unpaired) electrons. The minimum Gasteiger partial charge on any atom is -0.478 e. The van der Waals surface area contributed by atoms with E-state index in [1.165, 1.54) is 24.3 Å². The third-order valence-electron chi connectivity index (χ3n) is 4.80. The highest BCUT2D eigenvalue weighted by molar-refractivity contribution is 6.05. The number of fused-ring (bicyclic) bond motifs is 1. The van der Waals surface area contributed by atoms with Crippen molar-refractivity contribution in [2.45, 2.75) is 12.5 Å². The maximum Gasteiger partial charge on any atom is 0.339 e. The van der Waals surface area contributed by atoms with Crippen LogP contribution in [0, 0.1) is 0 Å². The van der Waals surface area contributed by atoms with Crippen molar-refractivity contribution in [3.63, 3.8) is 0 Å². The van der Waals surface area contributed by atoms with Crippen molar-refractivity contribution in [2.24, 2.45) is 0 Å². The van der Waals surface area contributed by atoms with Gasteiger partial charge in [0.1, 0.15) is 6.10 Å². The Balaban J connectivity index is 1.55. The molecule has 6 nitrogen and oxygen atoms in total. The van der Waals surface area contributed by atoms with Gasteiger partial charge < -0.3 is 15.2 Å². The number of aromatic carboxylic acids is 1. The quantitative estimate of drug-likeness (QED) is 0.658. The summed E-state index contributed by atoms with van der Waals surface area (Å²) >= 11 is 0. The first-order chi connectivity index (χ1) is 14.0. The molecule has 1 aliphatic rings. The predicted octanol–water partition coefficient (Wildman–Crippen LogP) is 4.09. The highest BCUT2D eigenvalue weighted by Crippen LogP contribution is 2.31. The van der Waals surface area contributed by atoms with Gasteiger partial charge in [0.25, 0.3) is 5.91 Å². The third-order valence-corrected chi connectivity index (χ3v) is 4.80. The number of cyclic esters (lactones) is 1. The lowest BCUT2D eigenvalue weighted by Gasteiger charge is -2.25. The SMILES string of the molecule is O=C(O)c1ccc(NC(=O)c2ccc3c(c2)C[C@@H](c2ccccc2)OC3=O)cc1. The summed E-state index contributed by atoms with van der Waals surface area (Å²) in [6.45, 7) is 0. The lowest BCUT2D eigenvalue weighted by molar-refractivity contribution is 0.0252. The number of carbonyl (C=O) groups is 3. The fraction of sp³-hybridized carbons (Fsp3) is 0.0870. The van der Waals surface area contributed by atoms with E-state index in [0.717, 1.165) is 11.1 Å². The number of esters is 1. The smallest absolute Gasteiger partial charge is 0.339 e. The molecule has 0 aliphatic carbocycles. The van der Waals surface area contributed by atoms with Gasteiger partial charge in [-0.3, -0.25) is 4.79 Å². The molecule has 0 fully saturated rings. The lowest BCUT2D eigenvalue weighted by Crippen LogP contribution is -2.23. The average Bonchev–Trinajstić information content (AvgIpc) is 2.74. The monoisotopic (exact) mass is 387 g/mol. The number of carbonyl (C=O) groups excluding carboxylic acids is 2. The first-order valence-electron chi connectivity index (χ1n) is 9.05. The molecule has 2 N–H and O–H groups in total. The largest absolute Gasteiger partial charge is 0.478 e. The standard InChI is InChI=1S/C23H17NO5/c25-21(24-18-9-6-15(7-10-18)22(26)27)16-8-11-19-17(12-16)13-20(29-23(19)28)14-4-2-1-3-5-14/h1-12,20H,13H2,(H,24,25)(H,26,27)/t20-/m0/s1. The number of carboxylic acids is 1. The summed E-state index contributed by atoms with van der Waals surface area (Å²) in [7, 11) is 0. The highest BCUT2D eigenvalue weighted by atomic mass is 16.5. The normalized spacial score (nSPS) is 15.2. The van der Waals surface area contributed by atoms with Crippen LogP contribution in [-0.2, 0) is 11.2 Å². The van der Waals surface area contributed by atoms with Crippen LogP contribution in [0.2, 0.25) is 0 Å². The van der Waals surface area contributed by atoms with Crippen molar-refractivity contribution in [3.8, 4) is 0 Å². The average molecular weight is 387 g/mol. The maximum atomic E-state index is 12.6. The third kappa shape index (κ3) is 3.87. The van der Waals surface area contributed by atoms with Crippen LogP contribution in [0.15, 0.2) is 72.8 Å². The Morgan fingerprint density at radius 2 is 1.62 bits per heavy atom. The van der Waals surface area contributed by atoms with E-state index >= 15 is 0 Å². The number of nitrogens with one attached hydrogen (secondary N) is 1. The van der Waals surface area contributed by atoms with E-state index in [1.54, 1.807) is 18.2 Å². The Morgan fingerprint density at radius 3 is 2.31 bits per heavy atom. The van der Waals surface area contributed by atoms with Gasteiger partial charge in [-0.05, 0) is 53.6 Å². The molecule has 1 aliphatic heterocycles. The zero-order chi connectivity index (χ0) is 20.4. The Kier molecular flexibility index (Phi) is 4.83. The van der Waals surface area contributed by atoms with E-state index < -0.39 is 18.0 Å². The van der Waals surface area contributed by atoms with Crippen molar-refractivity contribution in [3.05, 3.63) is 101 Å². The van der Waals surface area contributed by atoms with Crippen molar-refractivity contribution >= 4 is 23.5 Å². The lowest BCUT2D eigenvalue weighted by atomic mass is 9.93. The molecule has 3 aromatic rings. The van der Waals surface area contributed by atoms with Crippen LogP contribution in [0.5, 0.6) is 0 Å². The second-order valence-corrected chi connectivity index (χ2v) is 6.72. The molecule has 144 valence electrons. The fourth-order valence-corrected chi connectivity index (χ4v) is 3.29. The summed E-state index contributed by atoms with van der Waals surface area (Å²) in [5.74, 6) is -1.78. The fourth-order valence-electron chi connectivity index (χ4n) is 3.29. The first-order valence-corrected chi connectivity index (χ1v) is 9.05. The molecule has 1 amide bonds. The molecule has 3 aromatic carbocycles. The Bertz CT molecular complexity index is 1090. The molecule has 4 rings (SSSR count). The number of hydrogen-bond donors (Lipinski definition) is 2. The van der Waals surface area contributed by atoms with Crippen LogP contribution < -0.4 is 5.32 Å². The van der Waals surface area contributed by atoms with Crippen molar-refractivity contribution < 1.29 is 24.2 Å². The van der Waals surface area contributed by atoms with Gasteiger partial charge in [0.2, 0.25) is 0 Å². The molecule has 0 bridgehead atoms. The number of anilines is 1. The summed E-state index contributed by atoms with van der Waals surface area (Å²) in [6.07, 6.45) is 0.0950. The van der Waals surface area contributed by atoms with Gasteiger partial charge in [-0.15, -0.1) is 0 Å². The zero-order valence-corrected chi connectivity index (χ0v) is 15.3. The summed E-state index contributed by atoms with van der Waals surface area (Å²) in [5, 5.41) is 11.7. The van der Waals surface area contributed by atoms with Gasteiger partial charge in [0.15, 0.2) is 0 Å². The molecule has 6 heteroatoms. The highest BCUT2D eigenvalue weighted by Gasteiger charge is 2.28. The molecule has 1 atom stereocenters. The van der Waals surface area contributed by atoms with E-state index in [4.69, 9.17) is 9.84 Å². The van der Waals surface area contributed by atoms with Crippen LogP contribution in [0.4, 0.5) is 5.69 Å². The summed E-state index contributed by atoms with van der Waals surface area (Å²) < 4.78 is 5.54. The maximum absolute atomic E-state index is 12.6. The van der Waals surface area contributed by atoms with Gasteiger partial charge in [0.05, 0.1) is 11.1 Å². The first kappa shape index (κ1) is 18.4. The zero-order valence-electron chi connectivity index (χ0n) is 15.3.